The minimum absolute atomic E-state index is 0.240. The number of carbonyl (C=O) groups excluding carboxylic acids is 3. The summed E-state index contributed by atoms with van der Waals surface area (Å²) in [6.45, 7) is 0.837. The van der Waals surface area contributed by atoms with Gasteiger partial charge >= 0.3 is 0 Å². The molecule has 2 amide bonds. The van der Waals surface area contributed by atoms with Crippen LogP contribution in [-0.4, -0.2) is 42.8 Å². The van der Waals surface area contributed by atoms with Gasteiger partial charge in [-0.3, -0.25) is 14.5 Å². The van der Waals surface area contributed by atoms with E-state index in [0.717, 1.165) is 11.2 Å². The molecule has 5 nitrogen and oxygen atoms in total. The molecule has 1 rings (SSSR count). The molecule has 5 heteroatoms. The molecule has 0 unspecified atom stereocenters. The number of nitrogens with zero attached hydrogens (tertiary/aromatic N) is 1. The monoisotopic (exact) mass is 197 g/mol. The number of hydrogen-bond donors (Lipinski definition) is 0. The van der Waals surface area contributed by atoms with Crippen molar-refractivity contribution in [2.75, 3.05) is 19.8 Å². The van der Waals surface area contributed by atoms with E-state index in [1.54, 1.807) is 0 Å². The fourth-order valence-electron chi connectivity index (χ4n) is 1.04. The third-order valence-corrected chi connectivity index (χ3v) is 1.74. The van der Waals surface area contributed by atoms with Crippen molar-refractivity contribution in [3.8, 4) is 0 Å². The number of ether oxygens (including phenoxy) is 1. The van der Waals surface area contributed by atoms with Gasteiger partial charge in [-0.05, 0) is 0 Å². The normalized spacial score (nSPS) is 15.3. The van der Waals surface area contributed by atoms with Gasteiger partial charge in [-0.15, -0.1) is 0 Å². The van der Waals surface area contributed by atoms with E-state index >= 15 is 0 Å². The molecule has 0 saturated heterocycles. The number of imide groups is 1. The van der Waals surface area contributed by atoms with Crippen molar-refractivity contribution in [1.82, 2.24) is 4.90 Å². The van der Waals surface area contributed by atoms with Crippen LogP contribution in [0.15, 0.2) is 12.2 Å². The van der Waals surface area contributed by atoms with Crippen LogP contribution >= 0.6 is 0 Å². The zero-order valence-corrected chi connectivity index (χ0v) is 7.64. The average Bonchev–Trinajstić information content (AvgIpc) is 2.48. The predicted molar refractivity (Wildman–Crippen MR) is 47.4 cm³/mol. The van der Waals surface area contributed by atoms with E-state index < -0.39 is 0 Å². The second-order valence-electron chi connectivity index (χ2n) is 2.73. The fraction of sp³-hybridized carbons (Fsp3) is 0.444. The lowest BCUT2D eigenvalue weighted by atomic mass is 10.5. The van der Waals surface area contributed by atoms with Gasteiger partial charge in [0.05, 0.1) is 19.8 Å². The molecule has 0 radical (unpaired) electrons. The summed E-state index contributed by atoms with van der Waals surface area (Å²) >= 11 is 0. The smallest absolute Gasteiger partial charge is 0.253 e. The van der Waals surface area contributed by atoms with Gasteiger partial charge in [-0.25, -0.2) is 0 Å². The summed E-state index contributed by atoms with van der Waals surface area (Å²) < 4.78 is 5.03. The topological polar surface area (TPSA) is 63.7 Å². The zero-order chi connectivity index (χ0) is 10.4. The lowest BCUT2D eigenvalue weighted by molar-refractivity contribution is -0.137. The Morgan fingerprint density at radius 3 is 2.43 bits per heavy atom. The highest BCUT2D eigenvalue weighted by Gasteiger charge is 2.22. The number of rotatable bonds is 6. The lowest BCUT2D eigenvalue weighted by Crippen LogP contribution is -2.33. The summed E-state index contributed by atoms with van der Waals surface area (Å²) in [6.07, 6.45) is 3.55. The Morgan fingerprint density at radius 2 is 1.86 bits per heavy atom. The fourth-order valence-corrected chi connectivity index (χ4v) is 1.04. The van der Waals surface area contributed by atoms with Gasteiger partial charge in [-0.2, -0.15) is 0 Å². The molecule has 0 aliphatic carbocycles. The van der Waals surface area contributed by atoms with Gasteiger partial charge in [0.15, 0.2) is 0 Å². The van der Waals surface area contributed by atoms with Crippen LogP contribution in [0.1, 0.15) is 6.42 Å². The van der Waals surface area contributed by atoms with Crippen LogP contribution in [-0.2, 0) is 19.1 Å². The number of aldehydes is 1. The van der Waals surface area contributed by atoms with Crippen molar-refractivity contribution in [3.05, 3.63) is 12.2 Å². The van der Waals surface area contributed by atoms with Crippen LogP contribution in [0.3, 0.4) is 0 Å². The summed E-state index contributed by atoms with van der Waals surface area (Å²) in [7, 11) is 0. The van der Waals surface area contributed by atoms with Crippen molar-refractivity contribution in [1.29, 1.82) is 0 Å². The van der Waals surface area contributed by atoms with Crippen LogP contribution in [0.4, 0.5) is 0 Å². The average molecular weight is 197 g/mol. The molecule has 14 heavy (non-hydrogen) atoms. The van der Waals surface area contributed by atoms with Gasteiger partial charge in [-0.1, -0.05) is 0 Å². The summed E-state index contributed by atoms with van der Waals surface area (Å²) in [6, 6.07) is 0. The SMILES string of the molecule is O=CCCOCCN1C(=O)C=CC1=O. The third-order valence-electron chi connectivity index (χ3n) is 1.74. The predicted octanol–water partition coefficient (Wildman–Crippen LogP) is -0.483. The second-order valence-corrected chi connectivity index (χ2v) is 2.73. The molecule has 0 N–H and O–H groups in total. The zero-order valence-electron chi connectivity index (χ0n) is 7.64. The molecule has 0 aromatic heterocycles. The maximum absolute atomic E-state index is 11.0. The molecule has 0 fully saturated rings. The van der Waals surface area contributed by atoms with Gasteiger partial charge in [0, 0.05) is 18.6 Å². The molecular formula is C9H11NO4. The molecule has 0 atom stereocenters. The molecular weight excluding hydrogens is 186 g/mol. The van der Waals surface area contributed by atoms with Crippen LogP contribution in [0.5, 0.6) is 0 Å². The van der Waals surface area contributed by atoms with Gasteiger partial charge < -0.3 is 9.53 Å². The van der Waals surface area contributed by atoms with Gasteiger partial charge in [0.1, 0.15) is 6.29 Å². The molecule has 0 aromatic carbocycles. The summed E-state index contributed by atoms with van der Waals surface area (Å²) in [4.78, 5) is 33.0. The van der Waals surface area contributed by atoms with Crippen LogP contribution in [0, 0.1) is 0 Å². The number of amides is 2. The molecule has 1 aliphatic rings. The van der Waals surface area contributed by atoms with Gasteiger partial charge in [0.2, 0.25) is 0 Å². The minimum atomic E-state index is -0.311. The Kier molecular flexibility index (Phi) is 4.00. The Morgan fingerprint density at radius 1 is 1.21 bits per heavy atom. The highest BCUT2D eigenvalue weighted by molar-refractivity contribution is 6.12. The van der Waals surface area contributed by atoms with Gasteiger partial charge in [0.25, 0.3) is 11.8 Å². The van der Waals surface area contributed by atoms with Crippen molar-refractivity contribution in [2.45, 2.75) is 6.42 Å². The van der Waals surface area contributed by atoms with Crippen molar-refractivity contribution >= 4 is 18.1 Å². The van der Waals surface area contributed by atoms with Crippen molar-refractivity contribution in [2.24, 2.45) is 0 Å². The second kappa shape index (κ2) is 5.29. The molecule has 1 aliphatic heterocycles. The Hall–Kier alpha value is -1.49. The third kappa shape index (κ3) is 2.77. The first-order valence-electron chi connectivity index (χ1n) is 4.30. The van der Waals surface area contributed by atoms with Crippen molar-refractivity contribution in [3.63, 3.8) is 0 Å². The quantitative estimate of drug-likeness (QED) is 0.327. The first-order chi connectivity index (χ1) is 6.75. The van der Waals surface area contributed by atoms with Crippen molar-refractivity contribution < 1.29 is 19.1 Å². The summed E-state index contributed by atoms with van der Waals surface area (Å²) in [5.74, 6) is -0.622. The maximum Gasteiger partial charge on any atom is 0.253 e. The number of carbonyl (C=O) groups is 3. The van der Waals surface area contributed by atoms with E-state index in [4.69, 9.17) is 4.74 Å². The van der Waals surface area contributed by atoms with Crippen LogP contribution in [0.25, 0.3) is 0 Å². The molecule has 0 aromatic rings. The van der Waals surface area contributed by atoms with E-state index in [9.17, 15) is 14.4 Å². The van der Waals surface area contributed by atoms with E-state index in [1.165, 1.54) is 12.2 Å². The summed E-state index contributed by atoms with van der Waals surface area (Å²) in [5.41, 5.74) is 0. The maximum atomic E-state index is 11.0. The first kappa shape index (κ1) is 10.6. The first-order valence-corrected chi connectivity index (χ1v) is 4.30. The Balaban J connectivity index is 2.15. The minimum Gasteiger partial charge on any atom is -0.379 e. The molecule has 0 spiro atoms. The largest absolute Gasteiger partial charge is 0.379 e. The summed E-state index contributed by atoms with van der Waals surface area (Å²) in [5, 5.41) is 0. The lowest BCUT2D eigenvalue weighted by Gasteiger charge is -2.12. The van der Waals surface area contributed by atoms with Crippen LogP contribution < -0.4 is 0 Å². The Bertz CT molecular complexity index is 254. The molecule has 0 saturated carbocycles. The molecule has 76 valence electrons. The van der Waals surface area contributed by atoms with E-state index in [1.807, 2.05) is 0 Å². The standard InChI is InChI=1S/C9H11NO4/c11-5-1-6-14-7-4-10-8(12)2-3-9(10)13/h2-3,5H,1,4,6-7H2. The highest BCUT2D eigenvalue weighted by Crippen LogP contribution is 2.02. The Labute approximate surface area is 81.3 Å². The van der Waals surface area contributed by atoms with Crippen LogP contribution in [0.2, 0.25) is 0 Å². The molecule has 1 heterocycles. The number of hydrogen-bond acceptors (Lipinski definition) is 4. The molecule has 0 bridgehead atoms. The highest BCUT2D eigenvalue weighted by atomic mass is 16.5. The van der Waals surface area contributed by atoms with E-state index in [-0.39, 0.29) is 25.0 Å². The van der Waals surface area contributed by atoms with E-state index in [0.29, 0.717) is 13.0 Å². The van der Waals surface area contributed by atoms with E-state index in [2.05, 4.69) is 0 Å².